The Morgan fingerprint density at radius 3 is 2.34 bits per heavy atom. The minimum atomic E-state index is 0.114. The van der Waals surface area contributed by atoms with Crippen molar-refractivity contribution in [1.29, 1.82) is 0 Å². The van der Waals surface area contributed by atoms with Crippen LogP contribution in [0.1, 0.15) is 31.2 Å². The zero-order valence-corrected chi connectivity index (χ0v) is 18.9. The minimum Gasteiger partial charge on any atom is -0.353 e. The van der Waals surface area contributed by atoms with E-state index in [-0.39, 0.29) is 11.8 Å². The molecular weight excluding hydrogens is 398 g/mol. The molecule has 3 aromatic rings. The highest BCUT2D eigenvalue weighted by Crippen LogP contribution is 2.26. The van der Waals surface area contributed by atoms with E-state index >= 15 is 0 Å². The van der Waals surface area contributed by atoms with E-state index in [1.165, 1.54) is 5.56 Å². The number of aromatic nitrogens is 2. The van der Waals surface area contributed by atoms with Gasteiger partial charge in [0.1, 0.15) is 0 Å². The van der Waals surface area contributed by atoms with E-state index < -0.39 is 0 Å². The third-order valence-electron chi connectivity index (χ3n) is 7.10. The molecule has 2 saturated heterocycles. The van der Waals surface area contributed by atoms with Crippen LogP contribution < -0.4 is 10.2 Å². The second-order valence-electron chi connectivity index (χ2n) is 9.27. The second-order valence-corrected chi connectivity index (χ2v) is 9.27. The first-order valence-electron chi connectivity index (χ1n) is 11.9. The predicted octanol–water partition coefficient (Wildman–Crippen LogP) is 3.57. The Hall–Kier alpha value is -2.86. The monoisotopic (exact) mass is 431 g/mol. The topological polar surface area (TPSA) is 53.4 Å². The Labute approximate surface area is 190 Å². The zero-order chi connectivity index (χ0) is 21.9. The number of benzene rings is 2. The van der Waals surface area contributed by atoms with Crippen LogP contribution in [0.25, 0.3) is 11.0 Å². The van der Waals surface area contributed by atoms with Gasteiger partial charge in [0.15, 0.2) is 0 Å². The summed E-state index contributed by atoms with van der Waals surface area (Å²) in [6.07, 6.45) is 3.86. The number of hydrogen-bond acceptors (Lipinski definition) is 4. The smallest absolute Gasteiger partial charge is 0.223 e. The average molecular weight is 432 g/mol. The first-order valence-corrected chi connectivity index (χ1v) is 11.9. The number of nitrogens with one attached hydrogen (secondary N) is 1. The molecule has 0 bridgehead atoms. The fourth-order valence-electron chi connectivity index (χ4n) is 5.15. The molecule has 168 valence electrons. The van der Waals surface area contributed by atoms with Crippen molar-refractivity contribution < 1.29 is 4.79 Å². The van der Waals surface area contributed by atoms with Crippen LogP contribution in [0.3, 0.4) is 0 Å². The lowest BCUT2D eigenvalue weighted by molar-refractivity contribution is -0.126. The van der Waals surface area contributed by atoms with Crippen molar-refractivity contribution in [2.75, 3.05) is 31.1 Å². The summed E-state index contributed by atoms with van der Waals surface area (Å²) in [7, 11) is 2.08. The number of likely N-dealkylation sites (tertiary alicyclic amines) is 1. The van der Waals surface area contributed by atoms with E-state index in [0.29, 0.717) is 6.04 Å². The quantitative estimate of drug-likeness (QED) is 0.671. The van der Waals surface area contributed by atoms with Gasteiger partial charge in [-0.05, 0) is 43.4 Å². The first-order chi connectivity index (χ1) is 15.7. The van der Waals surface area contributed by atoms with Crippen LogP contribution in [0, 0.1) is 5.92 Å². The van der Waals surface area contributed by atoms with Gasteiger partial charge in [-0.15, -0.1) is 0 Å². The zero-order valence-electron chi connectivity index (χ0n) is 18.9. The molecule has 1 aromatic heterocycles. The molecule has 6 heteroatoms. The molecule has 0 aliphatic carbocycles. The van der Waals surface area contributed by atoms with Crippen molar-refractivity contribution in [3.05, 3.63) is 60.2 Å². The number of piperidine rings is 2. The molecule has 0 spiro atoms. The maximum absolute atomic E-state index is 12.9. The molecule has 3 heterocycles. The van der Waals surface area contributed by atoms with E-state index in [1.54, 1.807) is 0 Å². The van der Waals surface area contributed by atoms with Gasteiger partial charge >= 0.3 is 0 Å². The standard InChI is InChI=1S/C26H33N5O/c1-29-24-10-6-5-9-23(24)28-26(29)31-17-11-21(12-18-31)25(32)27-22-13-15-30(16-14-22)19-20-7-3-2-4-8-20/h2-10,21-22H,11-19H2,1H3,(H,27,32). The van der Waals surface area contributed by atoms with E-state index in [1.807, 2.05) is 6.07 Å². The van der Waals surface area contributed by atoms with Gasteiger partial charge in [0, 0.05) is 51.7 Å². The average Bonchev–Trinajstić information content (AvgIpc) is 3.18. The SMILES string of the molecule is Cn1c(N2CCC(C(=O)NC3CCN(Cc4ccccc4)CC3)CC2)nc2ccccc21. The lowest BCUT2D eigenvalue weighted by Crippen LogP contribution is -2.48. The van der Waals surface area contributed by atoms with Gasteiger partial charge in [0.2, 0.25) is 11.9 Å². The molecule has 0 atom stereocenters. The Morgan fingerprint density at radius 1 is 0.938 bits per heavy atom. The number of amides is 1. The Bertz CT molecular complexity index is 1050. The first kappa shape index (κ1) is 21.0. The molecular formula is C26H33N5O. The summed E-state index contributed by atoms with van der Waals surface area (Å²) in [5.41, 5.74) is 3.55. The fourth-order valence-corrected chi connectivity index (χ4v) is 5.15. The van der Waals surface area contributed by atoms with Crippen molar-refractivity contribution in [2.24, 2.45) is 13.0 Å². The minimum absolute atomic E-state index is 0.114. The third-order valence-corrected chi connectivity index (χ3v) is 7.10. The number of carbonyl (C=O) groups is 1. The van der Waals surface area contributed by atoms with Gasteiger partial charge in [-0.25, -0.2) is 4.98 Å². The number of imidazole rings is 1. The maximum Gasteiger partial charge on any atom is 0.223 e. The molecule has 6 nitrogen and oxygen atoms in total. The van der Waals surface area contributed by atoms with Gasteiger partial charge in [-0.1, -0.05) is 42.5 Å². The molecule has 32 heavy (non-hydrogen) atoms. The fraction of sp³-hybridized carbons (Fsp3) is 0.462. The number of anilines is 1. The van der Waals surface area contributed by atoms with Gasteiger partial charge in [-0.2, -0.15) is 0 Å². The molecule has 0 unspecified atom stereocenters. The summed E-state index contributed by atoms with van der Waals surface area (Å²) in [5.74, 6) is 1.37. The number of aryl methyl sites for hydroxylation is 1. The van der Waals surface area contributed by atoms with Gasteiger partial charge in [0.25, 0.3) is 0 Å². The van der Waals surface area contributed by atoms with Gasteiger partial charge in [0.05, 0.1) is 11.0 Å². The maximum atomic E-state index is 12.9. The Balaban J connectivity index is 1.09. The highest BCUT2D eigenvalue weighted by atomic mass is 16.2. The van der Waals surface area contributed by atoms with Crippen LogP contribution in [-0.2, 0) is 18.4 Å². The molecule has 5 rings (SSSR count). The normalized spacial score (nSPS) is 18.8. The van der Waals surface area contributed by atoms with E-state index in [4.69, 9.17) is 4.98 Å². The van der Waals surface area contributed by atoms with Crippen LogP contribution in [0.5, 0.6) is 0 Å². The van der Waals surface area contributed by atoms with Crippen LogP contribution in [0.15, 0.2) is 54.6 Å². The number of nitrogens with zero attached hydrogens (tertiary/aromatic N) is 4. The lowest BCUT2D eigenvalue weighted by Gasteiger charge is -2.35. The summed E-state index contributed by atoms with van der Waals surface area (Å²) < 4.78 is 2.17. The Morgan fingerprint density at radius 2 is 1.62 bits per heavy atom. The number of rotatable bonds is 5. The summed E-state index contributed by atoms with van der Waals surface area (Å²) in [5, 5.41) is 3.36. The molecule has 2 aliphatic heterocycles. The number of carbonyl (C=O) groups excluding carboxylic acids is 1. The van der Waals surface area contributed by atoms with Gasteiger partial charge < -0.3 is 14.8 Å². The summed E-state index contributed by atoms with van der Waals surface area (Å²) in [4.78, 5) is 22.6. The van der Waals surface area contributed by atoms with Crippen LogP contribution >= 0.6 is 0 Å². The molecule has 0 radical (unpaired) electrons. The predicted molar refractivity (Wildman–Crippen MR) is 129 cm³/mol. The molecule has 1 amide bonds. The van der Waals surface area contributed by atoms with Crippen LogP contribution in [-0.4, -0.2) is 52.6 Å². The molecule has 2 fully saturated rings. The van der Waals surface area contributed by atoms with Crippen LogP contribution in [0.4, 0.5) is 5.95 Å². The van der Waals surface area contributed by atoms with Crippen molar-refractivity contribution in [1.82, 2.24) is 19.8 Å². The molecule has 2 aliphatic rings. The van der Waals surface area contributed by atoms with Crippen molar-refractivity contribution in [2.45, 2.75) is 38.3 Å². The van der Waals surface area contributed by atoms with Crippen molar-refractivity contribution in [3.63, 3.8) is 0 Å². The van der Waals surface area contributed by atoms with E-state index in [9.17, 15) is 4.79 Å². The lowest BCUT2D eigenvalue weighted by atomic mass is 9.95. The molecule has 1 N–H and O–H groups in total. The summed E-state index contributed by atoms with van der Waals surface area (Å²) in [6.45, 7) is 4.85. The number of para-hydroxylation sites is 2. The number of fused-ring (bicyclic) bond motifs is 1. The number of hydrogen-bond donors (Lipinski definition) is 1. The summed E-state index contributed by atoms with van der Waals surface area (Å²) >= 11 is 0. The molecule has 2 aromatic carbocycles. The van der Waals surface area contributed by atoms with Crippen LogP contribution in [0.2, 0.25) is 0 Å². The highest BCUT2D eigenvalue weighted by molar-refractivity contribution is 5.80. The van der Waals surface area contributed by atoms with Crippen molar-refractivity contribution >= 4 is 22.9 Å². The Kier molecular flexibility index (Phi) is 6.12. The van der Waals surface area contributed by atoms with Gasteiger partial charge in [-0.3, -0.25) is 9.69 Å². The largest absolute Gasteiger partial charge is 0.353 e. The third kappa shape index (κ3) is 4.51. The highest BCUT2D eigenvalue weighted by Gasteiger charge is 2.29. The molecule has 0 saturated carbocycles. The summed E-state index contributed by atoms with van der Waals surface area (Å²) in [6, 6.07) is 19.2. The van der Waals surface area contributed by atoms with E-state index in [0.717, 1.165) is 75.4 Å². The second kappa shape index (κ2) is 9.33. The van der Waals surface area contributed by atoms with Crippen molar-refractivity contribution in [3.8, 4) is 0 Å². The van der Waals surface area contributed by atoms with E-state index in [2.05, 4.69) is 75.3 Å².